The molecule has 0 bridgehead atoms. The molecule has 2 atom stereocenters. The van der Waals surface area contributed by atoms with Gasteiger partial charge in [0.25, 0.3) is 0 Å². The van der Waals surface area contributed by atoms with Crippen LogP contribution >= 0.6 is 0 Å². The molecule has 4 nitrogen and oxygen atoms in total. The first-order valence-electron chi connectivity index (χ1n) is 6.64. The molecular formula is C13H24N2O2. The molecule has 1 amide bonds. The lowest BCUT2D eigenvalue weighted by Crippen LogP contribution is -2.66. The summed E-state index contributed by atoms with van der Waals surface area (Å²) in [7, 11) is 0. The van der Waals surface area contributed by atoms with Gasteiger partial charge in [-0.15, -0.1) is 0 Å². The molecular weight excluding hydrogens is 216 g/mol. The molecule has 0 spiro atoms. The molecule has 4 N–H and O–H groups in total. The molecule has 98 valence electrons. The van der Waals surface area contributed by atoms with Crippen LogP contribution in [0.25, 0.3) is 0 Å². The Labute approximate surface area is 103 Å². The van der Waals surface area contributed by atoms with Crippen molar-refractivity contribution in [3.05, 3.63) is 0 Å². The first kappa shape index (κ1) is 12.8. The summed E-state index contributed by atoms with van der Waals surface area (Å²) in [6.07, 6.45) is 5.17. The molecule has 2 fully saturated rings. The second-order valence-electron chi connectivity index (χ2n) is 6.32. The normalized spacial score (nSPS) is 34.8. The highest BCUT2D eigenvalue weighted by Gasteiger charge is 2.49. The van der Waals surface area contributed by atoms with Gasteiger partial charge in [0, 0.05) is 11.5 Å². The number of nitrogens with one attached hydrogen (secondary N) is 1. The Kier molecular flexibility index (Phi) is 3.21. The number of hydrogen-bond acceptors (Lipinski definition) is 3. The van der Waals surface area contributed by atoms with Gasteiger partial charge in [0.2, 0.25) is 5.91 Å². The van der Waals surface area contributed by atoms with E-state index in [0.717, 1.165) is 25.7 Å². The Bertz CT molecular complexity index is 309. The van der Waals surface area contributed by atoms with Crippen LogP contribution in [-0.4, -0.2) is 28.7 Å². The SMILES string of the molecule is CC1(C)C(O)CC1NC(=O)C1(N)CCCCC1. The van der Waals surface area contributed by atoms with Gasteiger partial charge in [0.1, 0.15) is 0 Å². The van der Waals surface area contributed by atoms with Crippen LogP contribution in [-0.2, 0) is 4.79 Å². The van der Waals surface area contributed by atoms with E-state index in [1.54, 1.807) is 0 Å². The molecule has 2 saturated carbocycles. The van der Waals surface area contributed by atoms with Gasteiger partial charge in [-0.05, 0) is 19.3 Å². The maximum Gasteiger partial charge on any atom is 0.240 e. The molecule has 0 aliphatic heterocycles. The van der Waals surface area contributed by atoms with Crippen LogP contribution in [0.1, 0.15) is 52.4 Å². The number of aliphatic hydroxyl groups is 1. The van der Waals surface area contributed by atoms with Crippen molar-refractivity contribution in [3.63, 3.8) is 0 Å². The van der Waals surface area contributed by atoms with Crippen molar-refractivity contribution in [1.29, 1.82) is 0 Å². The van der Waals surface area contributed by atoms with Crippen molar-refractivity contribution in [1.82, 2.24) is 5.32 Å². The molecule has 0 aromatic carbocycles. The third-order valence-corrected chi connectivity index (χ3v) is 4.72. The second-order valence-corrected chi connectivity index (χ2v) is 6.32. The Hall–Kier alpha value is -0.610. The van der Waals surface area contributed by atoms with Crippen molar-refractivity contribution < 1.29 is 9.90 Å². The molecule has 17 heavy (non-hydrogen) atoms. The molecule has 2 rings (SSSR count). The van der Waals surface area contributed by atoms with Crippen LogP contribution in [0.15, 0.2) is 0 Å². The summed E-state index contributed by atoms with van der Waals surface area (Å²) >= 11 is 0. The average Bonchev–Trinajstić information content (AvgIpc) is 2.29. The van der Waals surface area contributed by atoms with E-state index < -0.39 is 5.54 Å². The van der Waals surface area contributed by atoms with Crippen LogP contribution in [0, 0.1) is 5.41 Å². The highest BCUT2D eigenvalue weighted by atomic mass is 16.3. The Morgan fingerprint density at radius 2 is 1.88 bits per heavy atom. The largest absolute Gasteiger partial charge is 0.392 e. The lowest BCUT2D eigenvalue weighted by Gasteiger charge is -2.50. The minimum Gasteiger partial charge on any atom is -0.392 e. The summed E-state index contributed by atoms with van der Waals surface area (Å²) in [5.41, 5.74) is 5.29. The van der Waals surface area contributed by atoms with Gasteiger partial charge in [0.05, 0.1) is 11.6 Å². The molecule has 2 aliphatic carbocycles. The van der Waals surface area contributed by atoms with Gasteiger partial charge in [0.15, 0.2) is 0 Å². The van der Waals surface area contributed by atoms with E-state index >= 15 is 0 Å². The highest BCUT2D eigenvalue weighted by molar-refractivity contribution is 5.86. The van der Waals surface area contributed by atoms with Gasteiger partial charge in [-0.1, -0.05) is 33.1 Å². The second kappa shape index (κ2) is 4.25. The van der Waals surface area contributed by atoms with Crippen molar-refractivity contribution >= 4 is 5.91 Å². The molecule has 0 aromatic heterocycles. The topological polar surface area (TPSA) is 75.3 Å². The van der Waals surface area contributed by atoms with Crippen LogP contribution < -0.4 is 11.1 Å². The van der Waals surface area contributed by atoms with Gasteiger partial charge in [-0.2, -0.15) is 0 Å². The van der Waals surface area contributed by atoms with Crippen molar-refractivity contribution in [3.8, 4) is 0 Å². The van der Waals surface area contributed by atoms with E-state index in [4.69, 9.17) is 5.73 Å². The summed E-state index contributed by atoms with van der Waals surface area (Å²) in [5, 5.41) is 12.7. The fourth-order valence-corrected chi connectivity index (χ4v) is 2.86. The summed E-state index contributed by atoms with van der Waals surface area (Å²) in [6, 6.07) is 0.0624. The standard InChI is InChI=1S/C13H24N2O2/c1-12(2)9(8-10(12)16)15-11(17)13(14)6-4-3-5-7-13/h9-10,16H,3-8,14H2,1-2H3,(H,15,17). The maximum absolute atomic E-state index is 12.2. The quantitative estimate of drug-likeness (QED) is 0.672. The predicted octanol–water partition coefficient (Wildman–Crippen LogP) is 0.924. The fourth-order valence-electron chi connectivity index (χ4n) is 2.86. The minimum atomic E-state index is -0.672. The van der Waals surface area contributed by atoms with Crippen LogP contribution in [0.2, 0.25) is 0 Å². The fraction of sp³-hybridized carbons (Fsp3) is 0.923. The van der Waals surface area contributed by atoms with Gasteiger partial charge >= 0.3 is 0 Å². The number of nitrogens with two attached hydrogens (primary N) is 1. The zero-order valence-corrected chi connectivity index (χ0v) is 10.8. The average molecular weight is 240 g/mol. The lowest BCUT2D eigenvalue weighted by molar-refractivity contribution is -0.135. The maximum atomic E-state index is 12.2. The molecule has 0 saturated heterocycles. The molecule has 0 heterocycles. The molecule has 2 aliphatic rings. The zero-order valence-electron chi connectivity index (χ0n) is 10.8. The molecule has 4 heteroatoms. The Morgan fingerprint density at radius 3 is 2.35 bits per heavy atom. The number of amides is 1. The summed E-state index contributed by atoms with van der Waals surface area (Å²) < 4.78 is 0. The first-order valence-corrected chi connectivity index (χ1v) is 6.64. The third-order valence-electron chi connectivity index (χ3n) is 4.72. The third kappa shape index (κ3) is 2.20. The van der Waals surface area contributed by atoms with Crippen LogP contribution in [0.5, 0.6) is 0 Å². The van der Waals surface area contributed by atoms with Crippen molar-refractivity contribution in [2.45, 2.75) is 70.1 Å². The van der Waals surface area contributed by atoms with E-state index in [-0.39, 0.29) is 23.5 Å². The minimum absolute atomic E-state index is 0.0258. The number of carbonyl (C=O) groups is 1. The van der Waals surface area contributed by atoms with E-state index in [9.17, 15) is 9.90 Å². The van der Waals surface area contributed by atoms with E-state index in [2.05, 4.69) is 5.32 Å². The van der Waals surface area contributed by atoms with Crippen molar-refractivity contribution in [2.24, 2.45) is 11.1 Å². The van der Waals surface area contributed by atoms with E-state index in [1.807, 2.05) is 13.8 Å². The highest BCUT2D eigenvalue weighted by Crippen LogP contribution is 2.40. The van der Waals surface area contributed by atoms with Crippen LogP contribution in [0.3, 0.4) is 0 Å². The predicted molar refractivity (Wildman–Crippen MR) is 66.3 cm³/mol. The molecule has 0 radical (unpaired) electrons. The summed E-state index contributed by atoms with van der Waals surface area (Å²) in [4.78, 5) is 12.2. The number of hydrogen-bond donors (Lipinski definition) is 3. The number of carbonyl (C=O) groups excluding carboxylic acids is 1. The van der Waals surface area contributed by atoms with E-state index in [1.165, 1.54) is 6.42 Å². The smallest absolute Gasteiger partial charge is 0.240 e. The monoisotopic (exact) mass is 240 g/mol. The van der Waals surface area contributed by atoms with Gasteiger partial charge in [-0.3, -0.25) is 4.79 Å². The Morgan fingerprint density at radius 1 is 1.29 bits per heavy atom. The van der Waals surface area contributed by atoms with Crippen LogP contribution in [0.4, 0.5) is 0 Å². The van der Waals surface area contributed by atoms with E-state index in [0.29, 0.717) is 6.42 Å². The van der Waals surface area contributed by atoms with Gasteiger partial charge < -0.3 is 16.2 Å². The first-order chi connectivity index (χ1) is 7.86. The molecule has 0 aromatic rings. The zero-order chi connectivity index (χ0) is 12.7. The number of rotatable bonds is 2. The molecule has 2 unspecified atom stereocenters. The Balaban J connectivity index is 1.93. The summed E-state index contributed by atoms with van der Waals surface area (Å²) in [6.45, 7) is 3.96. The van der Waals surface area contributed by atoms with Crippen molar-refractivity contribution in [2.75, 3.05) is 0 Å². The number of aliphatic hydroxyl groups excluding tert-OH is 1. The lowest BCUT2D eigenvalue weighted by atomic mass is 9.64. The van der Waals surface area contributed by atoms with Gasteiger partial charge in [-0.25, -0.2) is 0 Å². The summed E-state index contributed by atoms with van der Waals surface area (Å²) in [5.74, 6) is -0.0258.